The van der Waals surface area contributed by atoms with Crippen molar-refractivity contribution in [3.63, 3.8) is 0 Å². The molecule has 8 heteroatoms. The molecule has 0 aromatic rings. The first-order chi connectivity index (χ1) is 8.49. The van der Waals surface area contributed by atoms with Crippen LogP contribution in [-0.2, 0) is 19.4 Å². The van der Waals surface area contributed by atoms with Crippen LogP contribution in [0.3, 0.4) is 0 Å². The van der Waals surface area contributed by atoms with E-state index >= 15 is 0 Å². The summed E-state index contributed by atoms with van der Waals surface area (Å²) < 4.78 is 22.1. The number of carboxylic acid groups (broad SMARTS) is 1. The lowest BCUT2D eigenvalue weighted by atomic mass is 10.0. The summed E-state index contributed by atoms with van der Waals surface area (Å²) in [7, 11) is -3.26. The molecule has 0 aromatic heterocycles. The molecular weight excluding hydrogens is 272 g/mol. The van der Waals surface area contributed by atoms with Crippen LogP contribution >= 0.6 is 0 Å². The molecule has 0 rings (SSSR count). The van der Waals surface area contributed by atoms with Crippen LogP contribution in [0.1, 0.15) is 27.2 Å². The molecule has 19 heavy (non-hydrogen) atoms. The Bertz CT molecular complexity index is 430. The average molecular weight is 294 g/mol. The lowest BCUT2D eigenvalue weighted by molar-refractivity contribution is -0.142. The van der Waals surface area contributed by atoms with Gasteiger partial charge in [0.05, 0.1) is 11.3 Å². The van der Waals surface area contributed by atoms with Gasteiger partial charge >= 0.3 is 5.97 Å². The Morgan fingerprint density at radius 2 is 1.84 bits per heavy atom. The quantitative estimate of drug-likeness (QED) is 0.550. The fourth-order valence-electron chi connectivity index (χ4n) is 1.45. The van der Waals surface area contributed by atoms with Crippen LogP contribution in [0.2, 0.25) is 0 Å². The molecule has 0 aromatic carbocycles. The van der Waals surface area contributed by atoms with Crippen LogP contribution in [0, 0.1) is 0 Å². The van der Waals surface area contributed by atoms with Crippen molar-refractivity contribution in [1.29, 1.82) is 0 Å². The zero-order valence-electron chi connectivity index (χ0n) is 11.7. The number of nitrogens with one attached hydrogen (secondary N) is 2. The molecule has 0 heterocycles. The Labute approximate surface area is 113 Å². The Balaban J connectivity index is 4.68. The van der Waals surface area contributed by atoms with Crippen molar-refractivity contribution >= 4 is 21.7 Å². The van der Waals surface area contributed by atoms with Gasteiger partial charge in [0.1, 0.15) is 15.9 Å². The number of rotatable bonds is 8. The van der Waals surface area contributed by atoms with E-state index in [1.54, 1.807) is 13.8 Å². The van der Waals surface area contributed by atoms with Gasteiger partial charge in [-0.05, 0) is 26.8 Å². The number of carboxylic acids is 1. The van der Waals surface area contributed by atoms with Crippen molar-refractivity contribution < 1.29 is 23.1 Å². The molecule has 0 aliphatic rings. The summed E-state index contributed by atoms with van der Waals surface area (Å²) in [4.78, 5) is 22.9. The maximum Gasteiger partial charge on any atom is 0.326 e. The van der Waals surface area contributed by atoms with Crippen molar-refractivity contribution in [2.24, 2.45) is 0 Å². The summed E-state index contributed by atoms with van der Waals surface area (Å²) in [5.74, 6) is -2.01. The third kappa shape index (κ3) is 7.12. The molecule has 7 nitrogen and oxygen atoms in total. The number of hydrogen-bond donors (Lipinski definition) is 3. The summed E-state index contributed by atoms with van der Waals surface area (Å²) in [6.45, 7) is 5.64. The van der Waals surface area contributed by atoms with Crippen molar-refractivity contribution in [2.75, 3.05) is 18.6 Å². The first kappa shape index (κ1) is 17.8. The van der Waals surface area contributed by atoms with Gasteiger partial charge in [-0.1, -0.05) is 6.92 Å². The molecule has 112 valence electrons. The van der Waals surface area contributed by atoms with Crippen LogP contribution in [0.5, 0.6) is 0 Å². The third-order valence-corrected chi connectivity index (χ3v) is 3.54. The van der Waals surface area contributed by atoms with E-state index in [9.17, 15) is 18.0 Å². The number of carbonyl (C=O) groups is 2. The molecule has 0 aliphatic carbocycles. The fraction of sp³-hybridized carbons (Fsp3) is 0.818. The van der Waals surface area contributed by atoms with Gasteiger partial charge in [0.25, 0.3) is 0 Å². The largest absolute Gasteiger partial charge is 0.480 e. The molecule has 0 bridgehead atoms. The third-order valence-electron chi connectivity index (χ3n) is 2.57. The van der Waals surface area contributed by atoms with E-state index < -0.39 is 33.3 Å². The number of sulfone groups is 1. The predicted octanol–water partition coefficient (Wildman–Crippen LogP) is -0.621. The lowest BCUT2D eigenvalue weighted by Crippen LogP contribution is -2.56. The van der Waals surface area contributed by atoms with E-state index in [4.69, 9.17) is 5.11 Å². The van der Waals surface area contributed by atoms with Gasteiger partial charge in [-0.3, -0.25) is 4.79 Å². The maximum atomic E-state index is 11.9. The highest BCUT2D eigenvalue weighted by Gasteiger charge is 2.30. The van der Waals surface area contributed by atoms with Gasteiger partial charge in [-0.15, -0.1) is 0 Å². The fourth-order valence-corrected chi connectivity index (χ4v) is 2.11. The first-order valence-electron chi connectivity index (χ1n) is 5.96. The molecule has 1 amide bonds. The zero-order chi connectivity index (χ0) is 15.3. The Hall–Kier alpha value is -1.15. The number of likely N-dealkylation sites (N-methyl/N-ethyl adjacent to an activating group) is 1. The second-order valence-electron chi connectivity index (χ2n) is 4.94. The molecule has 0 fully saturated rings. The molecule has 3 N–H and O–H groups in total. The highest BCUT2D eigenvalue weighted by atomic mass is 32.2. The van der Waals surface area contributed by atoms with Crippen LogP contribution < -0.4 is 10.6 Å². The van der Waals surface area contributed by atoms with E-state index in [0.717, 1.165) is 6.26 Å². The highest BCUT2D eigenvalue weighted by molar-refractivity contribution is 7.90. The van der Waals surface area contributed by atoms with Gasteiger partial charge < -0.3 is 15.7 Å². The minimum atomic E-state index is -3.26. The maximum absolute atomic E-state index is 11.9. The number of hydrogen-bond acceptors (Lipinski definition) is 5. The smallest absolute Gasteiger partial charge is 0.326 e. The van der Waals surface area contributed by atoms with Crippen molar-refractivity contribution in [1.82, 2.24) is 10.6 Å². The zero-order valence-corrected chi connectivity index (χ0v) is 12.5. The molecule has 0 spiro atoms. The van der Waals surface area contributed by atoms with Gasteiger partial charge in [0, 0.05) is 6.26 Å². The standard InChI is InChI=1S/C11H22N2O5S/c1-5-12-11(2,3)10(16)13-8(9(14)15)6-7-19(4,17)18/h8,12H,5-7H2,1-4H3,(H,13,16)(H,14,15). The molecule has 1 unspecified atom stereocenters. The predicted molar refractivity (Wildman–Crippen MR) is 71.7 cm³/mol. The van der Waals surface area contributed by atoms with Crippen molar-refractivity contribution in [3.05, 3.63) is 0 Å². The summed E-state index contributed by atoms with van der Waals surface area (Å²) >= 11 is 0. The topological polar surface area (TPSA) is 113 Å². The molecule has 0 radical (unpaired) electrons. The second kappa shape index (κ2) is 6.85. The normalized spacial score (nSPS) is 13.9. The molecule has 0 saturated heterocycles. The van der Waals surface area contributed by atoms with Crippen LogP contribution in [0.25, 0.3) is 0 Å². The van der Waals surface area contributed by atoms with E-state index in [1.165, 1.54) is 0 Å². The van der Waals surface area contributed by atoms with Gasteiger partial charge in [-0.25, -0.2) is 13.2 Å². The molecule has 0 aliphatic heterocycles. The summed E-state index contributed by atoms with van der Waals surface area (Å²) in [5, 5.41) is 14.2. The Morgan fingerprint density at radius 3 is 2.21 bits per heavy atom. The summed E-state index contributed by atoms with van der Waals surface area (Å²) in [5.41, 5.74) is -0.909. The van der Waals surface area contributed by atoms with Gasteiger partial charge in [0.2, 0.25) is 5.91 Å². The van der Waals surface area contributed by atoms with E-state index in [0.29, 0.717) is 6.54 Å². The van der Waals surface area contributed by atoms with Crippen molar-refractivity contribution in [2.45, 2.75) is 38.8 Å². The van der Waals surface area contributed by atoms with Crippen LogP contribution in [0.15, 0.2) is 0 Å². The van der Waals surface area contributed by atoms with E-state index in [1.807, 2.05) is 6.92 Å². The van der Waals surface area contributed by atoms with E-state index in [2.05, 4.69) is 10.6 Å². The minimum absolute atomic E-state index is 0.151. The van der Waals surface area contributed by atoms with Gasteiger partial charge in [-0.2, -0.15) is 0 Å². The average Bonchev–Trinajstić information content (AvgIpc) is 2.21. The second-order valence-corrected chi connectivity index (χ2v) is 7.20. The first-order valence-corrected chi connectivity index (χ1v) is 8.02. The van der Waals surface area contributed by atoms with Gasteiger partial charge in [0.15, 0.2) is 0 Å². The Kier molecular flexibility index (Phi) is 6.44. The number of amides is 1. The minimum Gasteiger partial charge on any atom is -0.480 e. The summed E-state index contributed by atoms with van der Waals surface area (Å²) in [6, 6.07) is -1.21. The monoisotopic (exact) mass is 294 g/mol. The SMILES string of the molecule is CCNC(C)(C)C(=O)NC(CCS(C)(=O)=O)C(=O)O. The van der Waals surface area contributed by atoms with E-state index in [-0.39, 0.29) is 12.2 Å². The number of carbonyl (C=O) groups excluding carboxylic acids is 1. The summed E-state index contributed by atoms with van der Waals surface area (Å²) in [6.07, 6.45) is 0.873. The van der Waals surface area contributed by atoms with Crippen molar-refractivity contribution in [3.8, 4) is 0 Å². The number of aliphatic carboxylic acids is 1. The molecule has 0 saturated carbocycles. The molecule has 1 atom stereocenters. The molecular formula is C11H22N2O5S. The Morgan fingerprint density at radius 1 is 1.32 bits per heavy atom. The lowest BCUT2D eigenvalue weighted by Gasteiger charge is -2.26. The highest BCUT2D eigenvalue weighted by Crippen LogP contribution is 2.04. The van der Waals surface area contributed by atoms with Crippen LogP contribution in [-0.4, -0.2) is 55.5 Å². The van der Waals surface area contributed by atoms with Crippen LogP contribution in [0.4, 0.5) is 0 Å².